The van der Waals surface area contributed by atoms with Crippen LogP contribution in [0.1, 0.15) is 42.7 Å². The summed E-state index contributed by atoms with van der Waals surface area (Å²) in [5.74, 6) is -0.958. The van der Waals surface area contributed by atoms with Gasteiger partial charge >= 0.3 is 12.0 Å². The fraction of sp³-hybridized carbons (Fsp3) is 0.400. The molecule has 1 saturated carbocycles. The minimum atomic E-state index is -1.27. The number of carbonyl (C=O) groups excluding carboxylic acids is 2. The highest BCUT2D eigenvalue weighted by Crippen LogP contribution is 2.36. The maximum atomic E-state index is 12.4. The van der Waals surface area contributed by atoms with E-state index in [4.69, 9.17) is 14.9 Å². The number of carboxylic acid groups (broad SMARTS) is 1. The molecule has 0 aliphatic heterocycles. The zero-order valence-corrected chi connectivity index (χ0v) is 19.3. The van der Waals surface area contributed by atoms with Crippen LogP contribution in [0.2, 0.25) is 0 Å². The second-order valence-electron chi connectivity index (χ2n) is 8.54. The number of anilines is 2. The fourth-order valence-corrected chi connectivity index (χ4v) is 4.21. The molecule has 2 aromatic rings. The van der Waals surface area contributed by atoms with Crippen molar-refractivity contribution in [1.29, 1.82) is 0 Å². The lowest BCUT2D eigenvalue weighted by Gasteiger charge is -2.28. The van der Waals surface area contributed by atoms with Crippen LogP contribution in [0.25, 0.3) is 0 Å². The molecule has 9 heteroatoms. The molecule has 0 bridgehead atoms. The molecule has 3 rings (SSSR count). The Labute approximate surface area is 198 Å². The smallest absolute Gasteiger partial charge is 0.328 e. The zero-order valence-electron chi connectivity index (χ0n) is 19.3. The fourth-order valence-electron chi connectivity index (χ4n) is 4.21. The lowest BCUT2D eigenvalue weighted by molar-refractivity contribution is -0.143. The van der Waals surface area contributed by atoms with Crippen molar-refractivity contribution in [2.45, 2.75) is 44.6 Å². The lowest BCUT2D eigenvalue weighted by atomic mass is 9.78. The van der Waals surface area contributed by atoms with Gasteiger partial charge in [0.05, 0.1) is 19.4 Å². The van der Waals surface area contributed by atoms with Gasteiger partial charge in [0.1, 0.15) is 11.8 Å². The van der Waals surface area contributed by atoms with Crippen LogP contribution in [0.4, 0.5) is 16.2 Å². The molecule has 5 N–H and O–H groups in total. The van der Waals surface area contributed by atoms with Crippen LogP contribution in [0.15, 0.2) is 42.5 Å². The number of carboxylic acids is 1. The van der Waals surface area contributed by atoms with E-state index in [2.05, 4.69) is 16.0 Å². The van der Waals surface area contributed by atoms with Crippen molar-refractivity contribution in [3.05, 3.63) is 53.6 Å². The Hall–Kier alpha value is -3.59. The van der Waals surface area contributed by atoms with Crippen molar-refractivity contribution in [1.82, 2.24) is 5.32 Å². The molecular weight excluding hydrogens is 438 g/mol. The Kier molecular flexibility index (Phi) is 8.48. The van der Waals surface area contributed by atoms with E-state index >= 15 is 0 Å². The summed E-state index contributed by atoms with van der Waals surface area (Å²) in [6.07, 6.45) is 2.90. The third-order valence-electron chi connectivity index (χ3n) is 6.14. The number of aliphatic carboxylic acids is 1. The largest absolute Gasteiger partial charge is 0.495 e. The summed E-state index contributed by atoms with van der Waals surface area (Å²) >= 11 is 0. The molecule has 1 aliphatic rings. The Balaban J connectivity index is 1.51. The van der Waals surface area contributed by atoms with Crippen LogP contribution in [0.3, 0.4) is 0 Å². The minimum Gasteiger partial charge on any atom is -0.495 e. The van der Waals surface area contributed by atoms with E-state index in [1.165, 1.54) is 0 Å². The van der Waals surface area contributed by atoms with Crippen LogP contribution in [-0.2, 0) is 9.59 Å². The highest BCUT2D eigenvalue weighted by Gasteiger charge is 2.29. The molecule has 9 nitrogen and oxygen atoms in total. The van der Waals surface area contributed by atoms with Crippen molar-refractivity contribution >= 4 is 29.3 Å². The lowest BCUT2D eigenvalue weighted by Crippen LogP contribution is -2.46. The van der Waals surface area contributed by atoms with Gasteiger partial charge < -0.3 is 30.9 Å². The first-order valence-corrected chi connectivity index (χ1v) is 11.3. The Bertz CT molecular complexity index is 1020. The first kappa shape index (κ1) is 25.0. The monoisotopic (exact) mass is 469 g/mol. The summed E-state index contributed by atoms with van der Waals surface area (Å²) in [4.78, 5) is 35.7. The van der Waals surface area contributed by atoms with Crippen molar-refractivity contribution in [3.8, 4) is 5.75 Å². The predicted molar refractivity (Wildman–Crippen MR) is 128 cm³/mol. The molecule has 0 radical (unpaired) electrons. The van der Waals surface area contributed by atoms with Crippen LogP contribution >= 0.6 is 0 Å². The van der Waals surface area contributed by atoms with E-state index in [1.807, 2.05) is 43.3 Å². The molecule has 1 atom stereocenters. The van der Waals surface area contributed by atoms with Crippen LogP contribution in [0.5, 0.6) is 5.75 Å². The van der Waals surface area contributed by atoms with Crippen molar-refractivity contribution in [2.75, 3.05) is 24.4 Å². The Morgan fingerprint density at radius 3 is 2.29 bits per heavy atom. The highest BCUT2D eigenvalue weighted by atomic mass is 16.5. The predicted octanol–water partition coefficient (Wildman–Crippen LogP) is 3.48. The van der Waals surface area contributed by atoms with Gasteiger partial charge in [-0.25, -0.2) is 9.59 Å². The van der Waals surface area contributed by atoms with E-state index in [-0.39, 0.29) is 23.8 Å². The average molecular weight is 470 g/mol. The van der Waals surface area contributed by atoms with Crippen molar-refractivity contribution in [3.63, 3.8) is 0 Å². The third kappa shape index (κ3) is 6.48. The molecular formula is C25H31N3O6. The van der Waals surface area contributed by atoms with Gasteiger partial charge in [-0.15, -0.1) is 0 Å². The summed E-state index contributed by atoms with van der Waals surface area (Å²) < 4.78 is 5.29. The van der Waals surface area contributed by atoms with Crippen molar-refractivity contribution < 1.29 is 29.3 Å². The molecule has 0 heterocycles. The number of aliphatic hydroxyl groups is 1. The van der Waals surface area contributed by atoms with Gasteiger partial charge in [-0.3, -0.25) is 4.79 Å². The Morgan fingerprint density at radius 2 is 1.71 bits per heavy atom. The minimum absolute atomic E-state index is 0.257. The van der Waals surface area contributed by atoms with Gasteiger partial charge in [-0.05, 0) is 73.9 Å². The maximum Gasteiger partial charge on any atom is 0.328 e. The van der Waals surface area contributed by atoms with E-state index in [0.29, 0.717) is 30.0 Å². The number of methoxy groups -OCH3 is 1. The first-order valence-electron chi connectivity index (χ1n) is 11.3. The number of urea groups is 1. The normalized spacial score (nSPS) is 18.4. The molecule has 1 fully saturated rings. The van der Waals surface area contributed by atoms with Crippen LogP contribution in [0, 0.1) is 12.8 Å². The number of aliphatic hydroxyl groups excluding tert-OH is 1. The quantitative estimate of drug-likeness (QED) is 0.401. The topological polar surface area (TPSA) is 137 Å². The van der Waals surface area contributed by atoms with Crippen molar-refractivity contribution in [2.24, 2.45) is 5.92 Å². The van der Waals surface area contributed by atoms with E-state index in [9.17, 15) is 14.4 Å². The van der Waals surface area contributed by atoms with Gasteiger partial charge in [0.2, 0.25) is 5.91 Å². The van der Waals surface area contributed by atoms with Gasteiger partial charge in [-0.2, -0.15) is 0 Å². The number of aryl methyl sites for hydroxylation is 1. The summed E-state index contributed by atoms with van der Waals surface area (Å²) in [5.41, 5.74) is 3.38. The molecule has 0 aromatic heterocycles. The number of carbonyl (C=O) groups is 3. The van der Waals surface area contributed by atoms with E-state index in [0.717, 1.165) is 24.0 Å². The number of rotatable bonds is 8. The molecule has 0 spiro atoms. The van der Waals surface area contributed by atoms with Crippen LogP contribution < -0.4 is 20.7 Å². The summed E-state index contributed by atoms with van der Waals surface area (Å²) in [5, 5.41) is 26.1. The molecule has 0 saturated heterocycles. The Morgan fingerprint density at radius 1 is 1.03 bits per heavy atom. The molecule has 3 amide bonds. The second kappa shape index (κ2) is 11.5. The highest BCUT2D eigenvalue weighted by molar-refractivity contribution is 6.00. The number of amides is 3. The number of benzene rings is 2. The van der Waals surface area contributed by atoms with Gasteiger partial charge in [0, 0.05) is 11.6 Å². The SMILES string of the molecule is COc1ccc(C)cc1NC(=O)Nc1ccc([C@H]2CC[C@H](C(=O)N[C@H](CO)C(=O)O)CC2)cc1. The number of ether oxygens (including phenoxy) is 1. The van der Waals surface area contributed by atoms with Gasteiger partial charge in [-0.1, -0.05) is 18.2 Å². The maximum absolute atomic E-state index is 12.4. The number of hydrogen-bond acceptors (Lipinski definition) is 5. The molecule has 0 unspecified atom stereocenters. The standard InChI is InChI=1S/C25H31N3O6/c1-15-3-12-22(34-2)20(13-15)28-25(33)26-19-10-8-17(9-11-19)16-4-6-18(7-5-16)23(30)27-21(14-29)24(31)32/h3,8-13,16,18,21,29H,4-7,14H2,1-2H3,(H,27,30)(H,31,32)(H2,26,28,33)/t16-,18-,21-/m1/s1. The van der Waals surface area contributed by atoms with E-state index < -0.39 is 18.6 Å². The van der Waals surface area contributed by atoms with Gasteiger partial charge in [0.15, 0.2) is 0 Å². The molecule has 2 aromatic carbocycles. The number of nitrogens with one attached hydrogen (secondary N) is 3. The van der Waals surface area contributed by atoms with Crippen LogP contribution in [-0.4, -0.2) is 47.9 Å². The first-order chi connectivity index (χ1) is 16.3. The summed E-state index contributed by atoms with van der Waals surface area (Å²) in [7, 11) is 1.55. The summed E-state index contributed by atoms with van der Waals surface area (Å²) in [6, 6.07) is 11.5. The molecule has 1 aliphatic carbocycles. The molecule has 34 heavy (non-hydrogen) atoms. The third-order valence-corrected chi connectivity index (χ3v) is 6.14. The summed E-state index contributed by atoms with van der Waals surface area (Å²) in [6.45, 7) is 1.30. The second-order valence-corrected chi connectivity index (χ2v) is 8.54. The zero-order chi connectivity index (χ0) is 24.7. The van der Waals surface area contributed by atoms with E-state index in [1.54, 1.807) is 13.2 Å². The number of hydrogen-bond donors (Lipinski definition) is 5. The molecule has 182 valence electrons. The van der Waals surface area contributed by atoms with Gasteiger partial charge in [0.25, 0.3) is 0 Å². The average Bonchev–Trinajstić information content (AvgIpc) is 2.83.